The van der Waals surface area contributed by atoms with Gasteiger partial charge >= 0.3 is 0 Å². The number of benzene rings is 1. The molecule has 0 bridgehead atoms. The minimum absolute atomic E-state index is 0.121. The molecule has 3 nitrogen and oxygen atoms in total. The van der Waals surface area contributed by atoms with Gasteiger partial charge in [-0.15, -0.1) is 0 Å². The second kappa shape index (κ2) is 6.09. The minimum atomic E-state index is 0.121. The number of hydrogen-bond donors (Lipinski definition) is 0. The Morgan fingerprint density at radius 2 is 1.84 bits per heavy atom. The molecule has 0 N–H and O–H groups in total. The van der Waals surface area contributed by atoms with Crippen molar-refractivity contribution in [3.63, 3.8) is 0 Å². The number of methoxy groups -OCH3 is 2. The fraction of sp³-hybridized carbons (Fsp3) is 0.562. The Balaban J connectivity index is 2.28. The van der Waals surface area contributed by atoms with Crippen LogP contribution >= 0.6 is 0 Å². The van der Waals surface area contributed by atoms with Crippen LogP contribution in [0.1, 0.15) is 43.0 Å². The number of hydrogen-bond acceptors (Lipinski definition) is 3. The van der Waals surface area contributed by atoms with Crippen LogP contribution in [0.2, 0.25) is 0 Å². The summed E-state index contributed by atoms with van der Waals surface area (Å²) < 4.78 is 10.6. The fourth-order valence-electron chi connectivity index (χ4n) is 2.98. The van der Waals surface area contributed by atoms with Crippen molar-refractivity contribution in [1.82, 2.24) is 0 Å². The molecule has 1 saturated carbocycles. The number of carbonyl (C=O) groups is 1. The van der Waals surface area contributed by atoms with Crippen LogP contribution in [0.15, 0.2) is 18.2 Å². The Kier molecular flexibility index (Phi) is 4.46. The van der Waals surface area contributed by atoms with E-state index in [1.807, 2.05) is 18.2 Å². The maximum absolute atomic E-state index is 12.7. The van der Waals surface area contributed by atoms with E-state index in [1.54, 1.807) is 14.2 Å². The molecule has 1 aliphatic carbocycles. The van der Waals surface area contributed by atoms with Crippen molar-refractivity contribution in [2.24, 2.45) is 11.8 Å². The molecule has 0 spiro atoms. The van der Waals surface area contributed by atoms with Gasteiger partial charge in [-0.2, -0.15) is 0 Å². The molecule has 1 fully saturated rings. The van der Waals surface area contributed by atoms with Gasteiger partial charge < -0.3 is 9.47 Å². The first-order chi connectivity index (χ1) is 9.21. The van der Waals surface area contributed by atoms with Gasteiger partial charge in [-0.1, -0.05) is 19.4 Å². The van der Waals surface area contributed by atoms with Crippen LogP contribution in [0.4, 0.5) is 0 Å². The monoisotopic (exact) mass is 262 g/mol. The number of carbonyl (C=O) groups excluding carboxylic acids is 1. The van der Waals surface area contributed by atoms with Crippen LogP contribution in [0, 0.1) is 11.8 Å². The van der Waals surface area contributed by atoms with Gasteiger partial charge in [0, 0.05) is 5.92 Å². The lowest BCUT2D eigenvalue weighted by Gasteiger charge is -2.15. The summed E-state index contributed by atoms with van der Waals surface area (Å²) >= 11 is 0. The van der Waals surface area contributed by atoms with Gasteiger partial charge in [0.25, 0.3) is 0 Å². The van der Waals surface area contributed by atoms with E-state index in [9.17, 15) is 4.79 Å². The maximum Gasteiger partial charge on any atom is 0.173 e. The molecular formula is C16H22O3. The van der Waals surface area contributed by atoms with Gasteiger partial charge in [0.2, 0.25) is 0 Å². The molecule has 1 aromatic carbocycles. The summed E-state index contributed by atoms with van der Waals surface area (Å²) in [7, 11) is 3.18. The molecule has 1 aromatic rings. The topological polar surface area (TPSA) is 35.5 Å². The number of Topliss-reactive ketones (excluding diaryl/α,β-unsaturated/α-hetero) is 1. The SMILES string of the molecule is CCC1CCC(C(=O)c2c(OC)cccc2OC)C1. The van der Waals surface area contributed by atoms with Gasteiger partial charge in [0.15, 0.2) is 5.78 Å². The summed E-state index contributed by atoms with van der Waals surface area (Å²) in [4.78, 5) is 12.7. The third-order valence-corrected chi connectivity index (χ3v) is 4.16. The van der Waals surface area contributed by atoms with Crippen molar-refractivity contribution < 1.29 is 14.3 Å². The summed E-state index contributed by atoms with van der Waals surface area (Å²) in [5.41, 5.74) is 0.606. The van der Waals surface area contributed by atoms with Crippen LogP contribution in [0.25, 0.3) is 0 Å². The molecule has 0 amide bonds. The smallest absolute Gasteiger partial charge is 0.173 e. The zero-order valence-electron chi connectivity index (χ0n) is 11.9. The zero-order valence-corrected chi connectivity index (χ0v) is 11.9. The average molecular weight is 262 g/mol. The van der Waals surface area contributed by atoms with Crippen LogP contribution in [-0.2, 0) is 0 Å². The highest BCUT2D eigenvalue weighted by atomic mass is 16.5. The minimum Gasteiger partial charge on any atom is -0.496 e. The van der Waals surface area contributed by atoms with Crippen LogP contribution < -0.4 is 9.47 Å². The maximum atomic E-state index is 12.7. The average Bonchev–Trinajstić information content (AvgIpc) is 2.94. The Morgan fingerprint density at radius 3 is 2.32 bits per heavy atom. The van der Waals surface area contributed by atoms with Crippen LogP contribution in [0.3, 0.4) is 0 Å². The van der Waals surface area contributed by atoms with E-state index in [0.29, 0.717) is 23.0 Å². The van der Waals surface area contributed by atoms with Crippen molar-refractivity contribution in [3.8, 4) is 11.5 Å². The molecule has 0 radical (unpaired) electrons. The Bertz CT molecular complexity index is 431. The molecule has 3 heteroatoms. The normalized spacial score (nSPS) is 22.3. The van der Waals surface area contributed by atoms with Crippen molar-refractivity contribution in [2.75, 3.05) is 14.2 Å². The first-order valence-electron chi connectivity index (χ1n) is 6.96. The summed E-state index contributed by atoms with van der Waals surface area (Å²) in [6.07, 6.45) is 4.30. The Morgan fingerprint density at radius 1 is 1.21 bits per heavy atom. The molecule has 19 heavy (non-hydrogen) atoms. The summed E-state index contributed by atoms with van der Waals surface area (Å²) in [6, 6.07) is 5.49. The Hall–Kier alpha value is -1.51. The molecule has 2 rings (SSSR count). The van der Waals surface area contributed by atoms with E-state index in [0.717, 1.165) is 25.7 Å². The van der Waals surface area contributed by atoms with E-state index < -0.39 is 0 Å². The van der Waals surface area contributed by atoms with E-state index >= 15 is 0 Å². The third kappa shape index (κ3) is 2.75. The van der Waals surface area contributed by atoms with Gasteiger partial charge in [0.05, 0.1) is 14.2 Å². The number of ether oxygens (including phenoxy) is 2. The number of rotatable bonds is 5. The highest BCUT2D eigenvalue weighted by Crippen LogP contribution is 2.39. The summed E-state index contributed by atoms with van der Waals surface area (Å²) in [5, 5.41) is 0. The largest absolute Gasteiger partial charge is 0.496 e. The van der Waals surface area contributed by atoms with Crippen molar-refractivity contribution in [1.29, 1.82) is 0 Å². The molecule has 104 valence electrons. The third-order valence-electron chi connectivity index (χ3n) is 4.16. The molecule has 2 unspecified atom stereocenters. The standard InChI is InChI=1S/C16H22O3/c1-4-11-8-9-12(10-11)16(17)15-13(18-2)6-5-7-14(15)19-3/h5-7,11-12H,4,8-10H2,1-3H3. The molecule has 2 atom stereocenters. The highest BCUT2D eigenvalue weighted by Gasteiger charge is 2.32. The van der Waals surface area contributed by atoms with Crippen molar-refractivity contribution in [3.05, 3.63) is 23.8 Å². The van der Waals surface area contributed by atoms with Crippen molar-refractivity contribution in [2.45, 2.75) is 32.6 Å². The van der Waals surface area contributed by atoms with Gasteiger partial charge in [-0.05, 0) is 37.3 Å². The second-order valence-corrected chi connectivity index (χ2v) is 5.19. The second-order valence-electron chi connectivity index (χ2n) is 5.19. The first-order valence-corrected chi connectivity index (χ1v) is 6.96. The number of ketones is 1. The summed E-state index contributed by atoms with van der Waals surface area (Å²) in [5.74, 6) is 2.21. The lowest BCUT2D eigenvalue weighted by Crippen LogP contribution is -2.14. The van der Waals surface area contributed by atoms with E-state index in [1.165, 1.54) is 0 Å². The van der Waals surface area contributed by atoms with E-state index in [4.69, 9.17) is 9.47 Å². The van der Waals surface area contributed by atoms with Crippen LogP contribution in [0.5, 0.6) is 11.5 Å². The molecule has 1 aliphatic rings. The molecule has 0 saturated heterocycles. The molecule has 0 aliphatic heterocycles. The molecule has 0 heterocycles. The Labute approximate surface area is 114 Å². The van der Waals surface area contributed by atoms with E-state index in [2.05, 4.69) is 6.92 Å². The van der Waals surface area contributed by atoms with Gasteiger partial charge in [0.1, 0.15) is 17.1 Å². The lowest BCUT2D eigenvalue weighted by atomic mass is 9.93. The molecular weight excluding hydrogens is 240 g/mol. The zero-order chi connectivity index (χ0) is 13.8. The van der Waals surface area contributed by atoms with Gasteiger partial charge in [-0.3, -0.25) is 4.79 Å². The first kappa shape index (κ1) is 13.9. The predicted molar refractivity (Wildman–Crippen MR) is 75.0 cm³/mol. The van der Waals surface area contributed by atoms with Gasteiger partial charge in [-0.25, -0.2) is 0 Å². The fourth-order valence-corrected chi connectivity index (χ4v) is 2.98. The predicted octanol–water partition coefficient (Wildman–Crippen LogP) is 3.71. The van der Waals surface area contributed by atoms with Crippen LogP contribution in [-0.4, -0.2) is 20.0 Å². The molecule has 0 aromatic heterocycles. The lowest BCUT2D eigenvalue weighted by molar-refractivity contribution is 0.0913. The van der Waals surface area contributed by atoms with E-state index in [-0.39, 0.29) is 11.7 Å². The highest BCUT2D eigenvalue weighted by molar-refractivity contribution is 6.03. The van der Waals surface area contributed by atoms with Crippen molar-refractivity contribution >= 4 is 5.78 Å². The summed E-state index contributed by atoms with van der Waals surface area (Å²) in [6.45, 7) is 2.20. The quantitative estimate of drug-likeness (QED) is 0.759.